The normalized spacial score (nSPS) is 13.2. The van der Waals surface area contributed by atoms with E-state index in [0.29, 0.717) is 37.0 Å². The van der Waals surface area contributed by atoms with Crippen LogP contribution in [0.5, 0.6) is 11.5 Å². The van der Waals surface area contributed by atoms with Gasteiger partial charge in [0.25, 0.3) is 0 Å². The summed E-state index contributed by atoms with van der Waals surface area (Å²) in [5, 5.41) is 11.8. The molecule has 3 N–H and O–H groups in total. The van der Waals surface area contributed by atoms with E-state index in [-0.39, 0.29) is 24.0 Å². The van der Waals surface area contributed by atoms with Crippen molar-refractivity contribution < 1.29 is 9.47 Å². The smallest absolute Gasteiger partial charge is 0.193 e. The van der Waals surface area contributed by atoms with Crippen LogP contribution < -0.4 is 20.5 Å². The van der Waals surface area contributed by atoms with Crippen LogP contribution in [0.2, 0.25) is 0 Å². The van der Waals surface area contributed by atoms with Crippen molar-refractivity contribution >= 4 is 35.6 Å². The Kier molecular flexibility index (Phi) is 6.89. The fourth-order valence-electron chi connectivity index (χ4n) is 2.29. The minimum Gasteiger partial charge on any atom is -0.490 e. The van der Waals surface area contributed by atoms with E-state index in [0.717, 1.165) is 23.4 Å². The van der Waals surface area contributed by atoms with Crippen LogP contribution >= 0.6 is 24.0 Å². The average Bonchev–Trinajstić information content (AvgIpc) is 2.85. The van der Waals surface area contributed by atoms with Gasteiger partial charge in [0.1, 0.15) is 0 Å². The van der Waals surface area contributed by atoms with Gasteiger partial charge in [-0.3, -0.25) is 0 Å². The second kappa shape index (κ2) is 9.13. The molecular weight excluding hydrogens is 431 g/mol. The number of fused-ring (bicyclic) bond motifs is 1. The number of aliphatic imine (C=N–C) groups is 1. The second-order valence-electron chi connectivity index (χ2n) is 5.35. The van der Waals surface area contributed by atoms with Gasteiger partial charge in [0.15, 0.2) is 17.5 Å². The van der Waals surface area contributed by atoms with Gasteiger partial charge in [-0.1, -0.05) is 12.1 Å². The van der Waals surface area contributed by atoms with Crippen molar-refractivity contribution in [1.82, 2.24) is 0 Å². The number of nitriles is 1. The molecule has 0 saturated carbocycles. The number of nitrogens with one attached hydrogen (secondary N) is 1. The summed E-state index contributed by atoms with van der Waals surface area (Å²) in [5.74, 6) is 1.76. The van der Waals surface area contributed by atoms with E-state index < -0.39 is 0 Å². The van der Waals surface area contributed by atoms with Crippen LogP contribution in [0.25, 0.3) is 0 Å². The average molecular weight is 450 g/mol. The molecule has 6 nitrogen and oxygen atoms in total. The number of ether oxygens (including phenoxy) is 2. The molecule has 0 radical (unpaired) electrons. The number of benzene rings is 2. The third kappa shape index (κ3) is 5.26. The number of anilines is 1. The van der Waals surface area contributed by atoms with Gasteiger partial charge >= 0.3 is 0 Å². The molecule has 0 spiro atoms. The maximum absolute atomic E-state index is 8.79. The molecule has 7 heteroatoms. The molecule has 0 fully saturated rings. The molecule has 0 saturated heterocycles. The molecule has 2 aromatic rings. The topological polar surface area (TPSA) is 92.7 Å². The van der Waals surface area contributed by atoms with Crippen molar-refractivity contribution in [3.8, 4) is 17.6 Å². The van der Waals surface area contributed by atoms with E-state index in [1.54, 1.807) is 12.1 Å². The van der Waals surface area contributed by atoms with E-state index in [1.807, 2.05) is 30.3 Å². The molecule has 0 atom stereocenters. The highest BCUT2D eigenvalue weighted by atomic mass is 127. The van der Waals surface area contributed by atoms with E-state index in [2.05, 4.69) is 16.4 Å². The number of nitrogens with two attached hydrogens (primary N) is 1. The Morgan fingerprint density at radius 2 is 1.84 bits per heavy atom. The Bertz CT molecular complexity index is 785. The van der Waals surface area contributed by atoms with Crippen molar-refractivity contribution in [2.75, 3.05) is 18.5 Å². The lowest BCUT2D eigenvalue weighted by Gasteiger charge is -2.10. The third-order valence-corrected chi connectivity index (χ3v) is 3.53. The fourth-order valence-corrected chi connectivity index (χ4v) is 2.29. The second-order valence-corrected chi connectivity index (χ2v) is 5.35. The first-order valence-electron chi connectivity index (χ1n) is 7.70. The fraction of sp³-hybridized carbons (Fsp3) is 0.222. The highest BCUT2D eigenvalue weighted by molar-refractivity contribution is 14.0. The van der Waals surface area contributed by atoms with Crippen LogP contribution in [0, 0.1) is 11.3 Å². The van der Waals surface area contributed by atoms with Crippen molar-refractivity contribution in [2.45, 2.75) is 13.0 Å². The summed E-state index contributed by atoms with van der Waals surface area (Å²) < 4.78 is 11.2. The monoisotopic (exact) mass is 450 g/mol. The van der Waals surface area contributed by atoms with Gasteiger partial charge in [-0.25, -0.2) is 4.99 Å². The molecule has 0 aliphatic carbocycles. The van der Waals surface area contributed by atoms with Crippen LogP contribution in [-0.2, 0) is 6.54 Å². The molecule has 1 aliphatic rings. The molecule has 0 bridgehead atoms. The van der Waals surface area contributed by atoms with Crippen molar-refractivity contribution in [3.05, 3.63) is 53.6 Å². The van der Waals surface area contributed by atoms with Crippen LogP contribution in [0.4, 0.5) is 5.69 Å². The Balaban J connectivity index is 0.00000225. The summed E-state index contributed by atoms with van der Waals surface area (Å²) in [5.41, 5.74) is 8.33. The Hall–Kier alpha value is -2.47. The van der Waals surface area contributed by atoms with Crippen LogP contribution in [0.1, 0.15) is 17.5 Å². The van der Waals surface area contributed by atoms with E-state index in [9.17, 15) is 0 Å². The van der Waals surface area contributed by atoms with Gasteiger partial charge in [0.05, 0.1) is 31.4 Å². The van der Waals surface area contributed by atoms with Gasteiger partial charge in [-0.15, -0.1) is 24.0 Å². The zero-order valence-electron chi connectivity index (χ0n) is 13.6. The lowest BCUT2D eigenvalue weighted by atomic mass is 10.1. The molecule has 3 rings (SSSR count). The zero-order valence-corrected chi connectivity index (χ0v) is 15.9. The quantitative estimate of drug-likeness (QED) is 0.426. The first kappa shape index (κ1) is 18.9. The zero-order chi connectivity index (χ0) is 16.8. The van der Waals surface area contributed by atoms with Crippen LogP contribution in [0.3, 0.4) is 0 Å². The Morgan fingerprint density at radius 3 is 2.56 bits per heavy atom. The Labute approximate surface area is 163 Å². The van der Waals surface area contributed by atoms with Crippen molar-refractivity contribution in [1.29, 1.82) is 5.26 Å². The predicted molar refractivity (Wildman–Crippen MR) is 108 cm³/mol. The number of guanidine groups is 1. The summed E-state index contributed by atoms with van der Waals surface area (Å²) >= 11 is 0. The molecule has 1 heterocycles. The number of rotatable bonds is 3. The first-order chi connectivity index (χ1) is 11.7. The minimum absolute atomic E-state index is 0. The lowest BCUT2D eigenvalue weighted by molar-refractivity contribution is 0.297. The summed E-state index contributed by atoms with van der Waals surface area (Å²) in [6.07, 6.45) is 0.867. The maximum atomic E-state index is 8.79. The molecule has 1 aliphatic heterocycles. The summed E-state index contributed by atoms with van der Waals surface area (Å²) in [6, 6.07) is 14.9. The molecule has 130 valence electrons. The number of hydrogen-bond donors (Lipinski definition) is 2. The molecule has 0 aromatic heterocycles. The first-order valence-corrected chi connectivity index (χ1v) is 7.70. The number of nitrogens with zero attached hydrogens (tertiary/aromatic N) is 2. The standard InChI is InChI=1S/C18H18N4O2.HI/c19-11-13-2-4-14(5-3-13)12-21-18(20)22-15-6-7-16-17(10-15)24-9-1-8-23-16;/h2-7,10H,1,8-9,12H2,(H3,20,21,22);1H. The van der Waals surface area contributed by atoms with Crippen LogP contribution in [0.15, 0.2) is 47.5 Å². The van der Waals surface area contributed by atoms with Gasteiger partial charge in [0.2, 0.25) is 0 Å². The van der Waals surface area contributed by atoms with Crippen LogP contribution in [-0.4, -0.2) is 19.2 Å². The maximum Gasteiger partial charge on any atom is 0.193 e. The number of hydrogen-bond acceptors (Lipinski definition) is 4. The lowest BCUT2D eigenvalue weighted by Crippen LogP contribution is -2.22. The van der Waals surface area contributed by atoms with E-state index in [4.69, 9.17) is 20.5 Å². The van der Waals surface area contributed by atoms with Gasteiger partial charge in [0, 0.05) is 18.2 Å². The largest absolute Gasteiger partial charge is 0.490 e. The van der Waals surface area contributed by atoms with Crippen molar-refractivity contribution in [3.63, 3.8) is 0 Å². The summed E-state index contributed by atoms with van der Waals surface area (Å²) in [7, 11) is 0. The molecule has 2 aromatic carbocycles. The van der Waals surface area contributed by atoms with Gasteiger partial charge in [-0.2, -0.15) is 5.26 Å². The van der Waals surface area contributed by atoms with Gasteiger partial charge in [-0.05, 0) is 29.8 Å². The molecule has 0 unspecified atom stereocenters. The minimum atomic E-state index is 0. The Morgan fingerprint density at radius 1 is 1.12 bits per heavy atom. The number of halogens is 1. The summed E-state index contributed by atoms with van der Waals surface area (Å²) in [6.45, 7) is 1.74. The highest BCUT2D eigenvalue weighted by Crippen LogP contribution is 2.32. The molecule has 0 amide bonds. The predicted octanol–water partition coefficient (Wildman–Crippen LogP) is 3.26. The summed E-state index contributed by atoms with van der Waals surface area (Å²) in [4.78, 5) is 4.30. The van der Waals surface area contributed by atoms with E-state index in [1.165, 1.54) is 0 Å². The van der Waals surface area contributed by atoms with E-state index >= 15 is 0 Å². The SMILES string of the molecule is I.N#Cc1ccc(CN=C(N)Nc2ccc3c(c2)OCCCO3)cc1. The third-order valence-electron chi connectivity index (χ3n) is 3.53. The highest BCUT2D eigenvalue weighted by Gasteiger charge is 2.10. The van der Waals surface area contributed by atoms with Gasteiger partial charge < -0.3 is 20.5 Å². The molecule has 25 heavy (non-hydrogen) atoms. The van der Waals surface area contributed by atoms with Crippen molar-refractivity contribution in [2.24, 2.45) is 10.7 Å². The molecular formula is C18H19IN4O2.